The third-order valence-electron chi connectivity index (χ3n) is 4.69. The van der Waals surface area contributed by atoms with Gasteiger partial charge in [-0.25, -0.2) is 4.79 Å². The fourth-order valence-electron chi connectivity index (χ4n) is 3.10. The first kappa shape index (κ1) is 20.9. The van der Waals surface area contributed by atoms with Crippen LogP contribution < -0.4 is 10.2 Å². The molecule has 1 saturated heterocycles. The molecule has 0 unspecified atom stereocenters. The van der Waals surface area contributed by atoms with Crippen molar-refractivity contribution in [2.24, 2.45) is 5.92 Å². The number of ether oxygens (including phenoxy) is 1. The van der Waals surface area contributed by atoms with E-state index in [1.54, 1.807) is 49.1 Å². The van der Waals surface area contributed by atoms with E-state index in [2.05, 4.69) is 5.32 Å². The number of hydrogen-bond donors (Lipinski definition) is 1. The molecule has 2 aromatic carbocycles. The van der Waals surface area contributed by atoms with Crippen LogP contribution in [0.3, 0.4) is 0 Å². The van der Waals surface area contributed by atoms with Crippen LogP contribution in [-0.4, -0.2) is 30.4 Å². The number of carbonyl (C=O) groups is 3. The minimum absolute atomic E-state index is 0.114. The Kier molecular flexibility index (Phi) is 6.23. The molecule has 29 heavy (non-hydrogen) atoms. The molecular weight excluding hydrogens is 392 g/mol. The van der Waals surface area contributed by atoms with Crippen LogP contribution in [0.5, 0.6) is 0 Å². The van der Waals surface area contributed by atoms with Crippen LogP contribution in [0.1, 0.15) is 36.2 Å². The molecule has 0 bridgehead atoms. The number of hydrogen-bond acceptors (Lipinski definition) is 4. The Labute approximate surface area is 174 Å². The Morgan fingerprint density at radius 3 is 2.48 bits per heavy atom. The Balaban J connectivity index is 1.63. The molecule has 0 spiro atoms. The monoisotopic (exact) mass is 414 g/mol. The van der Waals surface area contributed by atoms with Crippen LogP contribution >= 0.6 is 11.6 Å². The van der Waals surface area contributed by atoms with Crippen molar-refractivity contribution in [1.82, 2.24) is 0 Å². The maximum atomic E-state index is 12.6. The van der Waals surface area contributed by atoms with Crippen LogP contribution in [0.25, 0.3) is 0 Å². The normalized spacial score (nSPS) is 16.2. The van der Waals surface area contributed by atoms with E-state index in [4.69, 9.17) is 16.3 Å². The zero-order chi connectivity index (χ0) is 21.1. The first-order valence-electron chi connectivity index (χ1n) is 9.43. The van der Waals surface area contributed by atoms with E-state index in [9.17, 15) is 14.4 Å². The summed E-state index contributed by atoms with van der Waals surface area (Å²) in [6, 6.07) is 11.9. The van der Waals surface area contributed by atoms with Crippen molar-refractivity contribution in [3.8, 4) is 0 Å². The lowest BCUT2D eigenvalue weighted by Crippen LogP contribution is -2.28. The van der Waals surface area contributed by atoms with E-state index < -0.39 is 11.9 Å². The van der Waals surface area contributed by atoms with Gasteiger partial charge in [-0.2, -0.15) is 0 Å². The summed E-state index contributed by atoms with van der Waals surface area (Å²) in [5.41, 5.74) is 2.58. The second-order valence-corrected chi connectivity index (χ2v) is 7.77. The zero-order valence-electron chi connectivity index (χ0n) is 16.6. The predicted octanol–water partition coefficient (Wildman–Crippen LogP) is 4.21. The number of nitrogens with one attached hydrogen (secondary N) is 1. The summed E-state index contributed by atoms with van der Waals surface area (Å²) in [5, 5.41) is 3.39. The van der Waals surface area contributed by atoms with Gasteiger partial charge in [0.25, 0.3) is 0 Å². The van der Waals surface area contributed by atoms with Crippen LogP contribution in [0.4, 0.5) is 11.4 Å². The minimum atomic E-state index is -0.465. The van der Waals surface area contributed by atoms with E-state index >= 15 is 0 Å². The van der Waals surface area contributed by atoms with E-state index in [0.29, 0.717) is 28.5 Å². The Morgan fingerprint density at radius 2 is 1.86 bits per heavy atom. The number of anilines is 2. The first-order valence-corrected chi connectivity index (χ1v) is 9.81. The van der Waals surface area contributed by atoms with E-state index in [1.165, 1.54) is 0 Å². The molecule has 7 heteroatoms. The minimum Gasteiger partial charge on any atom is -0.459 e. The lowest BCUT2D eigenvalue weighted by molar-refractivity contribution is -0.122. The molecule has 2 aromatic rings. The number of halogens is 1. The Morgan fingerprint density at radius 1 is 1.17 bits per heavy atom. The van der Waals surface area contributed by atoms with E-state index in [1.807, 2.05) is 19.1 Å². The van der Waals surface area contributed by atoms with Gasteiger partial charge in [-0.05, 0) is 62.7 Å². The van der Waals surface area contributed by atoms with Gasteiger partial charge in [-0.1, -0.05) is 17.7 Å². The molecule has 1 heterocycles. The summed E-state index contributed by atoms with van der Waals surface area (Å²) in [7, 11) is 0. The molecule has 3 rings (SSSR count). The SMILES string of the molecule is Cc1ccc(N2C[C@@H](C(=O)Nc3ccc(C(=O)OC(C)C)cc3)CC2=O)cc1Cl. The number of nitrogens with zero attached hydrogens (tertiary/aromatic N) is 1. The van der Waals surface area contributed by atoms with Gasteiger partial charge in [-0.15, -0.1) is 0 Å². The highest BCUT2D eigenvalue weighted by Gasteiger charge is 2.35. The highest BCUT2D eigenvalue weighted by atomic mass is 35.5. The van der Waals surface area contributed by atoms with Gasteiger partial charge in [0.15, 0.2) is 0 Å². The molecule has 6 nitrogen and oxygen atoms in total. The highest BCUT2D eigenvalue weighted by molar-refractivity contribution is 6.31. The van der Waals surface area contributed by atoms with Gasteiger partial charge in [0.05, 0.1) is 17.6 Å². The average molecular weight is 415 g/mol. The summed E-state index contributed by atoms with van der Waals surface area (Å²) in [6.45, 7) is 5.75. The average Bonchev–Trinajstić information content (AvgIpc) is 3.06. The summed E-state index contributed by atoms with van der Waals surface area (Å²) in [5.74, 6) is -1.23. The summed E-state index contributed by atoms with van der Waals surface area (Å²) in [4.78, 5) is 38.5. The molecule has 1 fully saturated rings. The maximum Gasteiger partial charge on any atom is 0.338 e. The Bertz CT molecular complexity index is 940. The van der Waals surface area contributed by atoms with Crippen LogP contribution in [0.15, 0.2) is 42.5 Å². The number of amides is 2. The smallest absolute Gasteiger partial charge is 0.338 e. The molecule has 0 radical (unpaired) electrons. The highest BCUT2D eigenvalue weighted by Crippen LogP contribution is 2.29. The van der Waals surface area contributed by atoms with Gasteiger partial charge in [0.2, 0.25) is 11.8 Å². The fourth-order valence-corrected chi connectivity index (χ4v) is 3.27. The van der Waals surface area contributed by atoms with Crippen LogP contribution in [-0.2, 0) is 14.3 Å². The molecule has 2 amide bonds. The maximum absolute atomic E-state index is 12.6. The van der Waals surface area contributed by atoms with Gasteiger partial charge in [-0.3, -0.25) is 9.59 Å². The lowest BCUT2D eigenvalue weighted by Gasteiger charge is -2.17. The van der Waals surface area contributed by atoms with Crippen molar-refractivity contribution >= 4 is 40.8 Å². The number of benzene rings is 2. The van der Waals surface area contributed by atoms with Crippen LogP contribution in [0, 0.1) is 12.8 Å². The standard InChI is InChI=1S/C22H23ClN2O4/c1-13(2)29-22(28)15-5-7-17(8-6-15)24-21(27)16-10-20(26)25(12-16)18-9-4-14(3)19(23)11-18/h4-9,11,13,16H,10,12H2,1-3H3,(H,24,27)/t16-/m0/s1. The number of aryl methyl sites for hydroxylation is 1. The number of carbonyl (C=O) groups excluding carboxylic acids is 3. The molecule has 1 aliphatic rings. The second-order valence-electron chi connectivity index (χ2n) is 7.36. The first-order chi connectivity index (χ1) is 13.7. The molecule has 0 aromatic heterocycles. The third kappa shape index (κ3) is 4.95. The molecule has 152 valence electrons. The largest absolute Gasteiger partial charge is 0.459 e. The molecule has 1 atom stereocenters. The zero-order valence-corrected chi connectivity index (χ0v) is 17.3. The van der Waals surface area contributed by atoms with Crippen molar-refractivity contribution in [3.63, 3.8) is 0 Å². The van der Waals surface area contributed by atoms with Crippen molar-refractivity contribution in [2.45, 2.75) is 33.3 Å². The van der Waals surface area contributed by atoms with Gasteiger partial charge < -0.3 is 15.0 Å². The van der Waals surface area contributed by atoms with Crippen molar-refractivity contribution in [1.29, 1.82) is 0 Å². The predicted molar refractivity (Wildman–Crippen MR) is 112 cm³/mol. The van der Waals surface area contributed by atoms with E-state index in [-0.39, 0.29) is 24.3 Å². The number of rotatable bonds is 5. The molecular formula is C22H23ClN2O4. The topological polar surface area (TPSA) is 75.7 Å². The summed E-state index contributed by atoms with van der Waals surface area (Å²) >= 11 is 6.16. The van der Waals surface area contributed by atoms with E-state index in [0.717, 1.165) is 5.56 Å². The van der Waals surface area contributed by atoms with Gasteiger partial charge in [0.1, 0.15) is 0 Å². The molecule has 1 aliphatic heterocycles. The molecule has 1 N–H and O–H groups in total. The van der Waals surface area contributed by atoms with Crippen molar-refractivity contribution < 1.29 is 19.1 Å². The quantitative estimate of drug-likeness (QED) is 0.744. The van der Waals surface area contributed by atoms with Crippen LogP contribution in [0.2, 0.25) is 5.02 Å². The number of esters is 1. The molecule has 0 saturated carbocycles. The second kappa shape index (κ2) is 8.66. The van der Waals surface area contributed by atoms with Crippen molar-refractivity contribution in [3.05, 3.63) is 58.6 Å². The van der Waals surface area contributed by atoms with Gasteiger partial charge >= 0.3 is 5.97 Å². The summed E-state index contributed by atoms with van der Waals surface area (Å²) < 4.78 is 5.14. The Hall–Kier alpha value is -2.86. The third-order valence-corrected chi connectivity index (χ3v) is 5.10. The lowest BCUT2D eigenvalue weighted by atomic mass is 10.1. The van der Waals surface area contributed by atoms with Crippen molar-refractivity contribution in [2.75, 3.05) is 16.8 Å². The fraction of sp³-hybridized carbons (Fsp3) is 0.318. The molecule has 0 aliphatic carbocycles. The summed E-state index contributed by atoms with van der Waals surface area (Å²) in [6.07, 6.45) is -0.0658. The van der Waals surface area contributed by atoms with Gasteiger partial charge in [0, 0.05) is 29.4 Å².